The van der Waals surface area contributed by atoms with Crippen molar-refractivity contribution in [3.05, 3.63) is 0 Å². The molecule has 0 aromatic carbocycles. The van der Waals surface area contributed by atoms with Gasteiger partial charge in [0.1, 0.15) is 11.7 Å². The first kappa shape index (κ1) is 10.7. The number of aliphatic hydroxyl groups is 1. The van der Waals surface area contributed by atoms with E-state index in [1.165, 1.54) is 6.92 Å². The lowest BCUT2D eigenvalue weighted by molar-refractivity contribution is -0.136. The monoisotopic (exact) mass is 216 g/mol. The van der Waals surface area contributed by atoms with E-state index in [-0.39, 0.29) is 0 Å². The number of hydrogen-bond acceptors (Lipinski definition) is 4. The van der Waals surface area contributed by atoms with Gasteiger partial charge in [-0.3, -0.25) is 0 Å². The molecule has 1 saturated carbocycles. The third kappa shape index (κ3) is 1.19. The Morgan fingerprint density at radius 1 is 1.73 bits per heavy atom. The number of rotatable bonds is 2. The molecule has 0 aromatic heterocycles. The number of carbonyl (C=O) groups is 1. The van der Waals surface area contributed by atoms with Gasteiger partial charge in [-0.25, -0.2) is 9.18 Å². The zero-order chi connectivity index (χ0) is 11.4. The summed E-state index contributed by atoms with van der Waals surface area (Å²) >= 11 is 0. The van der Waals surface area contributed by atoms with Gasteiger partial charge in [0.15, 0.2) is 0 Å². The molecule has 7 heteroatoms. The summed E-state index contributed by atoms with van der Waals surface area (Å²) in [5.41, 5.74) is -1.42. The molecule has 2 radical (unpaired) electrons. The second kappa shape index (κ2) is 2.86. The molecule has 0 aromatic rings. The molecule has 15 heavy (non-hydrogen) atoms. The van der Waals surface area contributed by atoms with E-state index in [0.29, 0.717) is 0 Å². The maximum atomic E-state index is 13.7. The van der Waals surface area contributed by atoms with Crippen LogP contribution in [0.2, 0.25) is 5.82 Å². The molecule has 2 aliphatic rings. The van der Waals surface area contributed by atoms with E-state index in [9.17, 15) is 9.18 Å². The molecule has 5 nitrogen and oxygen atoms in total. The van der Waals surface area contributed by atoms with Crippen molar-refractivity contribution in [2.45, 2.75) is 30.3 Å². The number of aliphatic hydroxyl groups excluding tert-OH is 1. The van der Waals surface area contributed by atoms with E-state index in [1.807, 2.05) is 0 Å². The molecular formula is C8H10BFO5. The first-order valence-corrected chi connectivity index (χ1v) is 4.51. The average molecular weight is 216 g/mol. The van der Waals surface area contributed by atoms with E-state index in [1.54, 1.807) is 0 Å². The number of halogens is 1. The molecule has 0 amide bonds. The van der Waals surface area contributed by atoms with Crippen LogP contribution < -0.4 is 0 Å². The van der Waals surface area contributed by atoms with E-state index < -0.39 is 42.1 Å². The maximum Gasteiger partial charge on any atom is 0.506 e. The standard InChI is InChI=1S/C8H10BFO5/c1-7(15-6(12)13)3(2-11)14-8(10)4(7)5(8)9/h3-5,11H,2H2,1H3,(H,12,13). The minimum Gasteiger partial charge on any atom is -0.450 e. The highest BCUT2D eigenvalue weighted by Crippen LogP contribution is 2.69. The van der Waals surface area contributed by atoms with Crippen LogP contribution >= 0.6 is 0 Å². The lowest BCUT2D eigenvalue weighted by atomic mass is 9.87. The SMILES string of the molecule is [B]C1C2C(C)(OC(=O)O)C(CO)OC12F. The van der Waals surface area contributed by atoms with Crippen LogP contribution in [0.5, 0.6) is 0 Å². The Morgan fingerprint density at radius 3 is 2.80 bits per heavy atom. The fourth-order valence-corrected chi connectivity index (χ4v) is 2.33. The molecule has 0 bridgehead atoms. The number of alkyl halides is 1. The molecule has 1 aliphatic heterocycles. The summed E-state index contributed by atoms with van der Waals surface area (Å²) in [6.45, 7) is 0.861. The molecule has 1 saturated heterocycles. The van der Waals surface area contributed by atoms with Crippen molar-refractivity contribution in [3.63, 3.8) is 0 Å². The lowest BCUT2D eigenvalue weighted by Crippen LogP contribution is -2.45. The number of ether oxygens (including phenoxy) is 2. The van der Waals surface area contributed by atoms with Gasteiger partial charge in [0.25, 0.3) is 0 Å². The average Bonchev–Trinajstić information content (AvgIpc) is 2.54. The largest absolute Gasteiger partial charge is 0.506 e. The fourth-order valence-electron chi connectivity index (χ4n) is 2.33. The maximum absolute atomic E-state index is 13.7. The minimum absolute atomic E-state index is 0.515. The summed E-state index contributed by atoms with van der Waals surface area (Å²) in [5, 5.41) is 17.5. The first-order valence-electron chi connectivity index (χ1n) is 4.51. The molecule has 82 valence electrons. The highest BCUT2D eigenvalue weighted by Gasteiger charge is 2.80. The molecular weight excluding hydrogens is 206 g/mol. The summed E-state index contributed by atoms with van der Waals surface area (Å²) in [7, 11) is 5.42. The van der Waals surface area contributed by atoms with Crippen molar-refractivity contribution in [3.8, 4) is 0 Å². The van der Waals surface area contributed by atoms with Crippen LogP contribution in [0.15, 0.2) is 0 Å². The van der Waals surface area contributed by atoms with Gasteiger partial charge in [0.05, 0.1) is 20.4 Å². The summed E-state index contributed by atoms with van der Waals surface area (Å²) < 4.78 is 23.2. The summed E-state index contributed by atoms with van der Waals surface area (Å²) in [6, 6.07) is 0. The van der Waals surface area contributed by atoms with Gasteiger partial charge in [0, 0.05) is 0 Å². The van der Waals surface area contributed by atoms with Crippen LogP contribution in [-0.2, 0) is 9.47 Å². The topological polar surface area (TPSA) is 76.0 Å². The lowest BCUT2D eigenvalue weighted by Gasteiger charge is -2.30. The van der Waals surface area contributed by atoms with Gasteiger partial charge >= 0.3 is 6.16 Å². The fraction of sp³-hybridized carbons (Fsp3) is 0.875. The predicted molar refractivity (Wildman–Crippen MR) is 46.3 cm³/mol. The molecule has 5 atom stereocenters. The molecule has 5 unspecified atom stereocenters. The molecule has 2 rings (SSSR count). The molecule has 1 aliphatic carbocycles. The van der Waals surface area contributed by atoms with E-state index in [4.69, 9.17) is 22.8 Å². The van der Waals surface area contributed by atoms with Gasteiger partial charge in [-0.1, -0.05) is 0 Å². The number of carboxylic acid groups (broad SMARTS) is 1. The Kier molecular flexibility index (Phi) is 2.04. The summed E-state index contributed by atoms with van der Waals surface area (Å²) in [4.78, 5) is 10.5. The van der Waals surface area contributed by atoms with Crippen molar-refractivity contribution in [2.24, 2.45) is 5.92 Å². The molecule has 0 spiro atoms. The second-order valence-electron chi connectivity index (χ2n) is 4.04. The quantitative estimate of drug-likeness (QED) is 0.505. The van der Waals surface area contributed by atoms with Gasteiger partial charge in [0.2, 0.25) is 5.85 Å². The van der Waals surface area contributed by atoms with Crippen molar-refractivity contribution in [1.82, 2.24) is 0 Å². The van der Waals surface area contributed by atoms with Crippen LogP contribution in [0.4, 0.5) is 9.18 Å². The minimum atomic E-state index is -2.06. The number of fused-ring (bicyclic) bond motifs is 1. The van der Waals surface area contributed by atoms with Gasteiger partial charge in [-0.2, -0.15) is 0 Å². The van der Waals surface area contributed by atoms with Crippen LogP contribution in [0.3, 0.4) is 0 Å². The van der Waals surface area contributed by atoms with Crippen LogP contribution in [0.1, 0.15) is 6.92 Å². The van der Waals surface area contributed by atoms with E-state index in [2.05, 4.69) is 4.74 Å². The van der Waals surface area contributed by atoms with Crippen LogP contribution in [0, 0.1) is 5.92 Å². The molecule has 2 N–H and O–H groups in total. The van der Waals surface area contributed by atoms with E-state index in [0.717, 1.165) is 0 Å². The Labute approximate surface area is 86.6 Å². The third-order valence-electron chi connectivity index (χ3n) is 3.18. The Morgan fingerprint density at radius 2 is 2.33 bits per heavy atom. The van der Waals surface area contributed by atoms with Crippen molar-refractivity contribution >= 4 is 14.0 Å². The Hall–Kier alpha value is -0.815. The predicted octanol–water partition coefficient (Wildman–Crippen LogP) is 0.0834. The van der Waals surface area contributed by atoms with Crippen molar-refractivity contribution in [2.75, 3.05) is 6.61 Å². The number of hydrogen-bond donors (Lipinski definition) is 2. The van der Waals surface area contributed by atoms with Crippen LogP contribution in [0.25, 0.3) is 0 Å². The first-order chi connectivity index (χ1) is 6.86. The zero-order valence-electron chi connectivity index (χ0n) is 8.01. The van der Waals surface area contributed by atoms with Crippen LogP contribution in [-0.4, -0.2) is 48.4 Å². The van der Waals surface area contributed by atoms with Gasteiger partial charge in [-0.15, -0.1) is 0 Å². The molecule has 1 heterocycles. The normalized spacial score (nSPS) is 52.3. The summed E-state index contributed by atoms with van der Waals surface area (Å²) in [5.74, 6) is -3.81. The summed E-state index contributed by atoms with van der Waals surface area (Å²) in [6.07, 6.45) is -2.55. The second-order valence-corrected chi connectivity index (χ2v) is 4.04. The highest BCUT2D eigenvalue weighted by molar-refractivity contribution is 6.15. The smallest absolute Gasteiger partial charge is 0.450 e. The zero-order valence-corrected chi connectivity index (χ0v) is 8.01. The third-order valence-corrected chi connectivity index (χ3v) is 3.18. The van der Waals surface area contributed by atoms with Gasteiger partial charge in [-0.05, 0) is 12.7 Å². The van der Waals surface area contributed by atoms with Crippen molar-refractivity contribution < 1.29 is 28.9 Å². The van der Waals surface area contributed by atoms with Crippen molar-refractivity contribution in [1.29, 1.82) is 0 Å². The van der Waals surface area contributed by atoms with Gasteiger partial charge < -0.3 is 19.7 Å². The molecule has 2 fully saturated rings. The highest BCUT2D eigenvalue weighted by atomic mass is 19.2. The Balaban J connectivity index is 2.24. The Bertz CT molecular complexity index is 313. The van der Waals surface area contributed by atoms with E-state index >= 15 is 0 Å².